The van der Waals surface area contributed by atoms with E-state index < -0.39 is 0 Å². The summed E-state index contributed by atoms with van der Waals surface area (Å²) in [6, 6.07) is 23.7. The molecule has 0 unspecified atom stereocenters. The third kappa shape index (κ3) is 4.63. The summed E-state index contributed by atoms with van der Waals surface area (Å²) >= 11 is 0. The smallest absolute Gasteiger partial charge is 0.228 e. The number of hydrogen-bond donors (Lipinski definition) is 1. The lowest BCUT2D eigenvalue weighted by Crippen LogP contribution is -2.14. The van der Waals surface area contributed by atoms with Crippen LogP contribution in [0.1, 0.15) is 11.1 Å². The molecule has 0 spiro atoms. The summed E-state index contributed by atoms with van der Waals surface area (Å²) in [5, 5.41) is 2.95. The van der Waals surface area contributed by atoms with Crippen LogP contribution in [0.2, 0.25) is 0 Å². The lowest BCUT2D eigenvalue weighted by Gasteiger charge is -2.08. The normalized spacial score (nSPS) is 10.8. The Morgan fingerprint density at radius 3 is 2.45 bits per heavy atom. The van der Waals surface area contributed by atoms with E-state index in [0.717, 1.165) is 41.0 Å². The molecule has 0 aliphatic heterocycles. The number of nitrogens with zero attached hydrogens (tertiary/aromatic N) is 2. The van der Waals surface area contributed by atoms with Gasteiger partial charge in [0, 0.05) is 12.2 Å². The minimum atomic E-state index is -0.0344. The number of nitrogens with one attached hydrogen (secondary N) is 1. The molecule has 0 bridgehead atoms. The zero-order chi connectivity index (χ0) is 20.1. The summed E-state index contributed by atoms with van der Waals surface area (Å²) in [6.45, 7) is 0.865. The van der Waals surface area contributed by atoms with Crippen LogP contribution < -0.4 is 10.1 Å². The van der Waals surface area contributed by atoms with E-state index in [1.54, 1.807) is 7.11 Å². The third-order valence-electron chi connectivity index (χ3n) is 4.93. The number of hydrogen-bond acceptors (Lipinski definition) is 3. The highest BCUT2D eigenvalue weighted by Gasteiger charge is 2.06. The van der Waals surface area contributed by atoms with Crippen LogP contribution >= 0.6 is 0 Å². The van der Waals surface area contributed by atoms with Gasteiger partial charge < -0.3 is 14.6 Å². The lowest BCUT2D eigenvalue weighted by molar-refractivity contribution is -0.115. The highest BCUT2D eigenvalue weighted by Crippen LogP contribution is 2.16. The van der Waals surface area contributed by atoms with Gasteiger partial charge in [0.2, 0.25) is 5.91 Å². The number of methoxy groups -OCH3 is 1. The molecule has 0 aliphatic carbocycles. The average molecular weight is 385 g/mol. The molecule has 1 amide bonds. The van der Waals surface area contributed by atoms with Gasteiger partial charge in [-0.25, -0.2) is 4.98 Å². The van der Waals surface area contributed by atoms with E-state index in [-0.39, 0.29) is 5.91 Å². The van der Waals surface area contributed by atoms with E-state index in [1.165, 1.54) is 5.56 Å². The van der Waals surface area contributed by atoms with Crippen LogP contribution in [0, 0.1) is 0 Å². The van der Waals surface area contributed by atoms with Crippen LogP contribution in [-0.2, 0) is 24.2 Å². The van der Waals surface area contributed by atoms with Gasteiger partial charge in [0.15, 0.2) is 0 Å². The standard InChI is InChI=1S/C24H23N3O2/c1-29-21-12-8-19(9-13-21)16-24(28)26-20-10-6-18(7-11-20)14-15-27-17-25-22-4-2-3-5-23(22)27/h2-13,17H,14-16H2,1H3,(H,26,28). The predicted octanol–water partition coefficient (Wildman–Crippen LogP) is 4.47. The van der Waals surface area contributed by atoms with Crippen molar-refractivity contribution in [2.75, 3.05) is 12.4 Å². The van der Waals surface area contributed by atoms with Crippen molar-refractivity contribution in [3.05, 3.63) is 90.3 Å². The van der Waals surface area contributed by atoms with Gasteiger partial charge in [-0.2, -0.15) is 0 Å². The Balaban J connectivity index is 1.32. The van der Waals surface area contributed by atoms with Gasteiger partial charge in [0.1, 0.15) is 5.75 Å². The maximum atomic E-state index is 12.3. The van der Waals surface area contributed by atoms with E-state index in [1.807, 2.05) is 60.9 Å². The van der Waals surface area contributed by atoms with E-state index >= 15 is 0 Å². The first-order valence-electron chi connectivity index (χ1n) is 9.63. The maximum absolute atomic E-state index is 12.3. The van der Waals surface area contributed by atoms with Crippen LogP contribution in [0.4, 0.5) is 5.69 Å². The fourth-order valence-corrected chi connectivity index (χ4v) is 3.33. The van der Waals surface area contributed by atoms with Gasteiger partial charge in [0.25, 0.3) is 0 Å². The number of para-hydroxylation sites is 2. The van der Waals surface area contributed by atoms with Gasteiger partial charge in [0.05, 0.1) is 30.9 Å². The number of anilines is 1. The van der Waals surface area contributed by atoms with Crippen molar-refractivity contribution in [1.82, 2.24) is 9.55 Å². The Hall–Kier alpha value is -3.60. The molecule has 0 atom stereocenters. The van der Waals surface area contributed by atoms with E-state index in [4.69, 9.17) is 4.74 Å². The topological polar surface area (TPSA) is 56.1 Å². The molecule has 4 rings (SSSR count). The first kappa shape index (κ1) is 18.7. The molecule has 5 nitrogen and oxygen atoms in total. The summed E-state index contributed by atoms with van der Waals surface area (Å²) in [5.41, 5.74) is 5.14. The van der Waals surface area contributed by atoms with Gasteiger partial charge in [-0.1, -0.05) is 36.4 Å². The fourth-order valence-electron chi connectivity index (χ4n) is 3.33. The molecule has 4 aromatic rings. The molecule has 1 aromatic heterocycles. The number of aryl methyl sites for hydroxylation is 2. The van der Waals surface area contributed by atoms with Gasteiger partial charge in [-0.05, 0) is 53.9 Å². The molecular formula is C24H23N3O2. The average Bonchev–Trinajstić information content (AvgIpc) is 3.17. The van der Waals surface area contributed by atoms with Gasteiger partial charge >= 0.3 is 0 Å². The monoisotopic (exact) mass is 385 g/mol. The quantitative estimate of drug-likeness (QED) is 0.511. The molecule has 0 radical (unpaired) electrons. The van der Waals surface area contributed by atoms with Crippen LogP contribution in [0.15, 0.2) is 79.1 Å². The molecule has 3 aromatic carbocycles. The Morgan fingerprint density at radius 1 is 0.966 bits per heavy atom. The molecule has 5 heteroatoms. The molecule has 0 fully saturated rings. The number of rotatable bonds is 7. The maximum Gasteiger partial charge on any atom is 0.228 e. The number of imidazole rings is 1. The number of benzene rings is 3. The Morgan fingerprint density at radius 2 is 1.69 bits per heavy atom. The van der Waals surface area contributed by atoms with Crippen LogP contribution in [0.3, 0.4) is 0 Å². The van der Waals surface area contributed by atoms with E-state index in [0.29, 0.717) is 6.42 Å². The van der Waals surface area contributed by atoms with Gasteiger partial charge in [-0.3, -0.25) is 4.79 Å². The Kier molecular flexibility index (Phi) is 5.56. The van der Waals surface area contributed by atoms with Crippen LogP contribution in [0.5, 0.6) is 5.75 Å². The van der Waals surface area contributed by atoms with Crippen LogP contribution in [-0.4, -0.2) is 22.6 Å². The van der Waals surface area contributed by atoms with Crippen molar-refractivity contribution < 1.29 is 9.53 Å². The molecule has 29 heavy (non-hydrogen) atoms. The van der Waals surface area contributed by atoms with Crippen molar-refractivity contribution >= 4 is 22.6 Å². The minimum absolute atomic E-state index is 0.0344. The second-order valence-electron chi connectivity index (χ2n) is 6.95. The fraction of sp³-hybridized carbons (Fsp3) is 0.167. The molecule has 146 valence electrons. The highest BCUT2D eigenvalue weighted by atomic mass is 16.5. The van der Waals surface area contributed by atoms with Crippen molar-refractivity contribution in [2.45, 2.75) is 19.4 Å². The zero-order valence-electron chi connectivity index (χ0n) is 16.3. The number of ether oxygens (including phenoxy) is 1. The zero-order valence-corrected chi connectivity index (χ0v) is 16.3. The van der Waals surface area contributed by atoms with Crippen LogP contribution in [0.25, 0.3) is 11.0 Å². The van der Waals surface area contributed by atoms with Crippen molar-refractivity contribution in [3.63, 3.8) is 0 Å². The summed E-state index contributed by atoms with van der Waals surface area (Å²) in [5.74, 6) is 0.751. The minimum Gasteiger partial charge on any atom is -0.497 e. The van der Waals surface area contributed by atoms with E-state index in [9.17, 15) is 4.79 Å². The third-order valence-corrected chi connectivity index (χ3v) is 4.93. The second kappa shape index (κ2) is 8.61. The molecule has 0 saturated heterocycles. The number of carbonyl (C=O) groups is 1. The molecular weight excluding hydrogens is 362 g/mol. The lowest BCUT2D eigenvalue weighted by atomic mass is 10.1. The first-order chi connectivity index (χ1) is 14.2. The number of amides is 1. The second-order valence-corrected chi connectivity index (χ2v) is 6.95. The molecule has 0 saturated carbocycles. The van der Waals surface area contributed by atoms with Gasteiger partial charge in [-0.15, -0.1) is 0 Å². The summed E-state index contributed by atoms with van der Waals surface area (Å²) in [4.78, 5) is 16.7. The van der Waals surface area contributed by atoms with Crippen molar-refractivity contribution in [2.24, 2.45) is 0 Å². The SMILES string of the molecule is COc1ccc(CC(=O)Nc2ccc(CCn3cnc4ccccc43)cc2)cc1. The van der Waals surface area contributed by atoms with Crippen molar-refractivity contribution in [1.29, 1.82) is 0 Å². The summed E-state index contributed by atoms with van der Waals surface area (Å²) in [7, 11) is 1.63. The summed E-state index contributed by atoms with van der Waals surface area (Å²) < 4.78 is 7.31. The molecule has 0 aliphatic rings. The largest absolute Gasteiger partial charge is 0.497 e. The van der Waals surface area contributed by atoms with E-state index in [2.05, 4.69) is 33.1 Å². The first-order valence-corrected chi connectivity index (χ1v) is 9.63. The summed E-state index contributed by atoms with van der Waals surface area (Å²) in [6.07, 6.45) is 3.12. The number of fused-ring (bicyclic) bond motifs is 1. The Labute approximate surface area is 170 Å². The number of carbonyl (C=O) groups excluding carboxylic acids is 1. The Bertz CT molecular complexity index is 1100. The van der Waals surface area contributed by atoms with Crippen molar-refractivity contribution in [3.8, 4) is 5.75 Å². The predicted molar refractivity (Wildman–Crippen MR) is 115 cm³/mol. The molecule has 1 N–H and O–H groups in total. The number of aromatic nitrogens is 2. The highest BCUT2D eigenvalue weighted by molar-refractivity contribution is 5.92. The molecule has 1 heterocycles.